The maximum atomic E-state index is 12.0. The van der Waals surface area contributed by atoms with Crippen LogP contribution in [0.5, 0.6) is 0 Å². The third kappa shape index (κ3) is 4.19. The van der Waals surface area contributed by atoms with E-state index >= 15 is 0 Å². The van der Waals surface area contributed by atoms with Crippen molar-refractivity contribution in [2.75, 3.05) is 5.32 Å². The summed E-state index contributed by atoms with van der Waals surface area (Å²) in [5.41, 5.74) is 4.85. The van der Waals surface area contributed by atoms with Gasteiger partial charge in [-0.05, 0) is 49.6 Å². The number of hydrogen-bond donors (Lipinski definition) is 1. The first-order chi connectivity index (χ1) is 10.1. The van der Waals surface area contributed by atoms with Gasteiger partial charge < -0.3 is 5.32 Å². The molecule has 21 heavy (non-hydrogen) atoms. The number of hydrogen-bond acceptors (Lipinski definition) is 2. The lowest BCUT2D eigenvalue weighted by molar-refractivity contribution is -0.116. The number of carbonyl (C=O) groups is 1. The van der Waals surface area contributed by atoms with Crippen molar-refractivity contribution in [1.82, 2.24) is 0 Å². The third-order valence-electron chi connectivity index (χ3n) is 3.39. The third-order valence-corrected chi connectivity index (χ3v) is 3.39. The van der Waals surface area contributed by atoms with Gasteiger partial charge in [0.15, 0.2) is 0 Å². The van der Waals surface area contributed by atoms with Crippen molar-refractivity contribution in [3.05, 3.63) is 64.7 Å². The van der Waals surface area contributed by atoms with Gasteiger partial charge in [-0.15, -0.1) is 0 Å². The van der Waals surface area contributed by atoms with Gasteiger partial charge in [0.25, 0.3) is 0 Å². The van der Waals surface area contributed by atoms with Crippen molar-refractivity contribution in [1.29, 1.82) is 5.26 Å². The molecule has 3 nitrogen and oxygen atoms in total. The largest absolute Gasteiger partial charge is 0.326 e. The first-order valence-electron chi connectivity index (χ1n) is 6.94. The van der Waals surface area contributed by atoms with Crippen LogP contribution in [0.25, 0.3) is 0 Å². The van der Waals surface area contributed by atoms with Crippen molar-refractivity contribution in [3.63, 3.8) is 0 Å². The van der Waals surface area contributed by atoms with E-state index < -0.39 is 0 Å². The van der Waals surface area contributed by atoms with E-state index in [4.69, 9.17) is 5.26 Å². The molecule has 1 N–H and O–H groups in total. The summed E-state index contributed by atoms with van der Waals surface area (Å²) in [7, 11) is 0. The number of nitrogens with one attached hydrogen (secondary N) is 1. The Morgan fingerprint density at radius 1 is 1.19 bits per heavy atom. The normalized spacial score (nSPS) is 9.95. The standard InChI is InChI=1S/C18H18N2O/c1-13-6-7-16(14(2)10-13)8-9-18(21)20-17-5-3-4-15(11-17)12-19/h3-7,10-11H,8-9H2,1-2H3,(H,20,21). The van der Waals surface area contributed by atoms with Crippen LogP contribution in [0.4, 0.5) is 5.69 Å². The summed E-state index contributed by atoms with van der Waals surface area (Å²) < 4.78 is 0. The van der Waals surface area contributed by atoms with Crippen molar-refractivity contribution in [2.45, 2.75) is 26.7 Å². The van der Waals surface area contributed by atoms with Crippen molar-refractivity contribution in [2.24, 2.45) is 0 Å². The first-order valence-corrected chi connectivity index (χ1v) is 6.94. The number of nitriles is 1. The highest BCUT2D eigenvalue weighted by Gasteiger charge is 2.05. The summed E-state index contributed by atoms with van der Waals surface area (Å²) in [6.07, 6.45) is 1.15. The van der Waals surface area contributed by atoms with Crippen molar-refractivity contribution < 1.29 is 4.79 Å². The molecular formula is C18H18N2O. The maximum absolute atomic E-state index is 12.0. The average Bonchev–Trinajstić information content (AvgIpc) is 2.46. The Hall–Kier alpha value is -2.60. The van der Waals surface area contributed by atoms with Crippen LogP contribution in [-0.2, 0) is 11.2 Å². The predicted molar refractivity (Wildman–Crippen MR) is 84.0 cm³/mol. The maximum Gasteiger partial charge on any atom is 0.224 e. The fraction of sp³-hybridized carbons (Fsp3) is 0.222. The Morgan fingerprint density at radius 3 is 2.71 bits per heavy atom. The molecule has 0 aromatic heterocycles. The highest BCUT2D eigenvalue weighted by Crippen LogP contribution is 2.14. The van der Waals surface area contributed by atoms with E-state index in [-0.39, 0.29) is 5.91 Å². The Balaban J connectivity index is 1.94. The molecule has 3 heteroatoms. The van der Waals surface area contributed by atoms with Gasteiger partial charge in [-0.1, -0.05) is 29.8 Å². The molecule has 106 valence electrons. The van der Waals surface area contributed by atoms with E-state index in [1.807, 2.05) is 0 Å². The number of aryl methyl sites for hydroxylation is 3. The molecule has 2 aromatic rings. The quantitative estimate of drug-likeness (QED) is 0.926. The van der Waals surface area contributed by atoms with Crippen LogP contribution in [0.2, 0.25) is 0 Å². The highest BCUT2D eigenvalue weighted by atomic mass is 16.1. The molecule has 0 atom stereocenters. The van der Waals surface area contributed by atoms with Crippen LogP contribution in [0.1, 0.15) is 28.7 Å². The molecule has 0 aliphatic carbocycles. The number of amides is 1. The summed E-state index contributed by atoms with van der Waals surface area (Å²) in [6.45, 7) is 4.13. The summed E-state index contributed by atoms with van der Waals surface area (Å²) in [5.74, 6) is -0.0370. The zero-order chi connectivity index (χ0) is 15.2. The Bertz CT molecular complexity index is 699. The number of benzene rings is 2. The molecule has 0 spiro atoms. The average molecular weight is 278 g/mol. The molecule has 0 unspecified atom stereocenters. The van der Waals surface area contributed by atoms with Crippen LogP contribution < -0.4 is 5.32 Å². The highest BCUT2D eigenvalue weighted by molar-refractivity contribution is 5.91. The number of rotatable bonds is 4. The lowest BCUT2D eigenvalue weighted by Gasteiger charge is -2.08. The molecule has 0 saturated heterocycles. The summed E-state index contributed by atoms with van der Waals surface area (Å²) in [6, 6.07) is 15.3. The molecule has 0 bridgehead atoms. The first kappa shape index (κ1) is 14.8. The second-order valence-electron chi connectivity index (χ2n) is 5.17. The van der Waals surface area contributed by atoms with Crippen molar-refractivity contribution in [3.8, 4) is 6.07 Å². The second-order valence-corrected chi connectivity index (χ2v) is 5.17. The minimum absolute atomic E-state index is 0.0370. The van der Waals surface area contributed by atoms with Gasteiger partial charge in [0.05, 0.1) is 11.6 Å². The molecule has 2 rings (SSSR count). The van der Waals surface area contributed by atoms with Crippen LogP contribution >= 0.6 is 0 Å². The second kappa shape index (κ2) is 6.71. The van der Waals surface area contributed by atoms with Gasteiger partial charge in [0, 0.05) is 12.1 Å². The zero-order valence-electron chi connectivity index (χ0n) is 12.3. The van der Waals surface area contributed by atoms with Gasteiger partial charge in [-0.25, -0.2) is 0 Å². The van der Waals surface area contributed by atoms with Gasteiger partial charge in [-0.3, -0.25) is 4.79 Å². The Morgan fingerprint density at radius 2 is 2.00 bits per heavy atom. The van der Waals surface area contributed by atoms with Crippen LogP contribution in [0.15, 0.2) is 42.5 Å². The van der Waals surface area contributed by atoms with Crippen molar-refractivity contribution >= 4 is 11.6 Å². The Labute approximate surface area is 125 Å². The monoisotopic (exact) mass is 278 g/mol. The minimum atomic E-state index is -0.0370. The molecule has 0 aliphatic rings. The summed E-state index contributed by atoms with van der Waals surface area (Å²) >= 11 is 0. The van der Waals surface area contributed by atoms with E-state index in [9.17, 15) is 4.79 Å². The Kier molecular flexibility index (Phi) is 4.73. The molecule has 1 amide bonds. The topological polar surface area (TPSA) is 52.9 Å². The van der Waals surface area contributed by atoms with Crippen LogP contribution in [0, 0.1) is 25.2 Å². The van der Waals surface area contributed by atoms with Gasteiger partial charge in [0.2, 0.25) is 5.91 Å². The number of carbonyl (C=O) groups excluding carboxylic acids is 1. The van der Waals surface area contributed by atoms with Gasteiger partial charge >= 0.3 is 0 Å². The minimum Gasteiger partial charge on any atom is -0.326 e. The predicted octanol–water partition coefficient (Wildman–Crippen LogP) is 3.75. The molecule has 0 fully saturated rings. The molecular weight excluding hydrogens is 260 g/mol. The molecule has 0 aliphatic heterocycles. The fourth-order valence-electron chi connectivity index (χ4n) is 2.26. The van der Waals surface area contributed by atoms with E-state index in [0.29, 0.717) is 17.7 Å². The lowest BCUT2D eigenvalue weighted by Crippen LogP contribution is -2.12. The number of nitrogens with zero attached hydrogens (tertiary/aromatic N) is 1. The SMILES string of the molecule is Cc1ccc(CCC(=O)Nc2cccc(C#N)c2)c(C)c1. The van der Waals surface area contributed by atoms with E-state index in [1.165, 1.54) is 16.7 Å². The number of anilines is 1. The van der Waals surface area contributed by atoms with E-state index in [0.717, 1.165) is 6.42 Å². The van der Waals surface area contributed by atoms with E-state index in [2.05, 4.69) is 43.4 Å². The summed E-state index contributed by atoms with van der Waals surface area (Å²) in [5, 5.41) is 11.7. The van der Waals surface area contributed by atoms with Crippen LogP contribution in [0.3, 0.4) is 0 Å². The molecule has 0 heterocycles. The van der Waals surface area contributed by atoms with Gasteiger partial charge in [0.1, 0.15) is 0 Å². The van der Waals surface area contributed by atoms with Crippen LogP contribution in [-0.4, -0.2) is 5.91 Å². The van der Waals surface area contributed by atoms with E-state index in [1.54, 1.807) is 24.3 Å². The molecule has 2 aromatic carbocycles. The lowest BCUT2D eigenvalue weighted by atomic mass is 10.0. The smallest absolute Gasteiger partial charge is 0.224 e. The molecule has 0 radical (unpaired) electrons. The van der Waals surface area contributed by atoms with Gasteiger partial charge in [-0.2, -0.15) is 5.26 Å². The summed E-state index contributed by atoms with van der Waals surface area (Å²) in [4.78, 5) is 12.0. The zero-order valence-corrected chi connectivity index (χ0v) is 12.3. The fourth-order valence-corrected chi connectivity index (χ4v) is 2.26. The molecule has 0 saturated carbocycles.